The van der Waals surface area contributed by atoms with Gasteiger partial charge in [0, 0.05) is 12.7 Å². The highest BCUT2D eigenvalue weighted by atomic mass is 16.6. The van der Waals surface area contributed by atoms with E-state index in [1.165, 1.54) is 19.2 Å². The van der Waals surface area contributed by atoms with E-state index < -0.39 is 23.0 Å². The maximum absolute atomic E-state index is 11.6. The first kappa shape index (κ1) is 32.1. The van der Waals surface area contributed by atoms with Gasteiger partial charge < -0.3 is 24.1 Å². The number of ether oxygens (including phenoxy) is 4. The Bertz CT molecular complexity index is 1310. The molecule has 10 nitrogen and oxygen atoms in total. The molecule has 0 saturated heterocycles. The van der Waals surface area contributed by atoms with Gasteiger partial charge in [-0.25, -0.2) is 9.59 Å². The van der Waals surface area contributed by atoms with Gasteiger partial charge in [0.15, 0.2) is 5.75 Å². The fourth-order valence-corrected chi connectivity index (χ4v) is 4.26. The smallest absolute Gasteiger partial charge is 0.338 e. The number of nitrogens with zero attached hydrogens (tertiary/aromatic N) is 1. The van der Waals surface area contributed by atoms with Crippen LogP contribution in [0.15, 0.2) is 66.7 Å². The summed E-state index contributed by atoms with van der Waals surface area (Å²) in [6.07, 6.45) is 5.83. The summed E-state index contributed by atoms with van der Waals surface area (Å²) in [5, 5.41) is 20.4. The first-order valence-corrected chi connectivity index (χ1v) is 14.0. The minimum Gasteiger partial charge on any atom is -0.494 e. The minimum absolute atomic E-state index is 0.0783. The summed E-state index contributed by atoms with van der Waals surface area (Å²) < 4.78 is 21.8. The van der Waals surface area contributed by atoms with Gasteiger partial charge in [0.05, 0.1) is 36.4 Å². The molecule has 0 aliphatic carbocycles. The molecule has 3 aromatic rings. The van der Waals surface area contributed by atoms with Crippen molar-refractivity contribution in [1.82, 2.24) is 0 Å². The third-order valence-corrected chi connectivity index (χ3v) is 6.53. The number of rotatable bonds is 18. The van der Waals surface area contributed by atoms with Crippen LogP contribution in [-0.2, 0) is 9.47 Å². The first-order valence-electron chi connectivity index (χ1n) is 14.0. The summed E-state index contributed by atoms with van der Waals surface area (Å²) >= 11 is 0. The number of benzene rings is 3. The van der Waals surface area contributed by atoms with Gasteiger partial charge in [-0.05, 0) is 67.3 Å². The fraction of sp³-hybridized carbons (Fsp3) is 0.375. The van der Waals surface area contributed by atoms with Gasteiger partial charge in [-0.1, -0.05) is 49.9 Å². The van der Waals surface area contributed by atoms with Crippen LogP contribution in [0.2, 0.25) is 0 Å². The lowest BCUT2D eigenvalue weighted by atomic mass is 10.0. The van der Waals surface area contributed by atoms with Crippen LogP contribution in [0.4, 0.5) is 5.69 Å². The molecule has 0 aromatic heterocycles. The number of nitro groups is 1. The number of carbonyl (C=O) groups excluding carboxylic acids is 1. The predicted molar refractivity (Wildman–Crippen MR) is 157 cm³/mol. The van der Waals surface area contributed by atoms with E-state index in [1.807, 2.05) is 24.3 Å². The van der Waals surface area contributed by atoms with E-state index in [0.717, 1.165) is 61.5 Å². The predicted octanol–water partition coefficient (Wildman–Crippen LogP) is 6.95. The molecule has 1 N–H and O–H groups in total. The molecule has 0 fully saturated rings. The number of nitro benzene ring substituents is 1. The Morgan fingerprint density at radius 1 is 0.833 bits per heavy atom. The van der Waals surface area contributed by atoms with Gasteiger partial charge in [-0.15, -0.1) is 0 Å². The van der Waals surface area contributed by atoms with Crippen LogP contribution in [0.25, 0.3) is 11.1 Å². The van der Waals surface area contributed by atoms with Gasteiger partial charge in [0.1, 0.15) is 11.9 Å². The van der Waals surface area contributed by atoms with Crippen LogP contribution in [0.5, 0.6) is 11.5 Å². The second-order valence-electron chi connectivity index (χ2n) is 9.81. The third kappa shape index (κ3) is 10.2. The lowest BCUT2D eigenvalue weighted by Gasteiger charge is -2.15. The SMILES string of the molecule is COC(=O)c1ccc(OC(C)COCCCCCCCCOc2ccc(-c3ccc(C(=O)O)cc3)cc2)c([N+](=O)[O-])c1. The van der Waals surface area contributed by atoms with Gasteiger partial charge in [0.2, 0.25) is 0 Å². The number of hydrogen-bond donors (Lipinski definition) is 1. The van der Waals surface area contributed by atoms with Crippen LogP contribution < -0.4 is 9.47 Å². The molecule has 0 radical (unpaired) electrons. The van der Waals surface area contributed by atoms with Crippen molar-refractivity contribution in [2.45, 2.75) is 51.6 Å². The molecule has 1 unspecified atom stereocenters. The summed E-state index contributed by atoms with van der Waals surface area (Å²) in [6.45, 7) is 3.30. The van der Waals surface area contributed by atoms with Crippen molar-refractivity contribution >= 4 is 17.6 Å². The highest BCUT2D eigenvalue weighted by Crippen LogP contribution is 2.29. The molecular formula is C32H37NO9. The molecule has 10 heteroatoms. The first-order chi connectivity index (χ1) is 20.3. The number of carboxylic acid groups (broad SMARTS) is 1. The van der Waals surface area contributed by atoms with Crippen molar-refractivity contribution in [1.29, 1.82) is 0 Å². The van der Waals surface area contributed by atoms with Crippen LogP contribution in [-0.4, -0.2) is 55.0 Å². The average molecular weight is 580 g/mol. The van der Waals surface area contributed by atoms with Crippen molar-refractivity contribution in [2.24, 2.45) is 0 Å². The van der Waals surface area contributed by atoms with Crippen LogP contribution >= 0.6 is 0 Å². The molecule has 1 atom stereocenters. The number of carbonyl (C=O) groups is 2. The highest BCUT2D eigenvalue weighted by Gasteiger charge is 2.21. The number of aromatic carboxylic acids is 1. The molecule has 224 valence electrons. The number of methoxy groups -OCH3 is 1. The zero-order chi connectivity index (χ0) is 30.3. The van der Waals surface area contributed by atoms with E-state index in [2.05, 4.69) is 4.74 Å². The molecule has 0 saturated carbocycles. The molecule has 0 amide bonds. The van der Waals surface area contributed by atoms with Gasteiger partial charge in [0.25, 0.3) is 0 Å². The molecule has 3 rings (SSSR count). The van der Waals surface area contributed by atoms with Crippen molar-refractivity contribution < 1.29 is 38.6 Å². The monoisotopic (exact) mass is 579 g/mol. The van der Waals surface area contributed by atoms with Crippen molar-refractivity contribution in [3.05, 3.63) is 88.0 Å². The fourth-order valence-electron chi connectivity index (χ4n) is 4.26. The lowest BCUT2D eigenvalue weighted by molar-refractivity contribution is -0.386. The molecular weight excluding hydrogens is 542 g/mol. The normalized spacial score (nSPS) is 11.5. The largest absolute Gasteiger partial charge is 0.494 e. The Morgan fingerprint density at radius 3 is 2.00 bits per heavy atom. The van der Waals surface area contributed by atoms with Crippen LogP contribution in [0.3, 0.4) is 0 Å². The summed E-state index contributed by atoms with van der Waals surface area (Å²) in [5.41, 5.74) is 2.01. The molecule has 0 heterocycles. The Balaban J connectivity index is 1.22. The highest BCUT2D eigenvalue weighted by molar-refractivity contribution is 5.90. The van der Waals surface area contributed by atoms with Crippen LogP contribution in [0.1, 0.15) is 66.2 Å². The molecule has 0 spiro atoms. The maximum Gasteiger partial charge on any atom is 0.338 e. The van der Waals surface area contributed by atoms with Crippen molar-refractivity contribution in [3.8, 4) is 22.6 Å². The van der Waals surface area contributed by atoms with Crippen LogP contribution in [0, 0.1) is 10.1 Å². The molecule has 42 heavy (non-hydrogen) atoms. The van der Waals surface area contributed by atoms with Crippen molar-refractivity contribution in [3.63, 3.8) is 0 Å². The summed E-state index contributed by atoms with van der Waals surface area (Å²) in [4.78, 5) is 33.4. The minimum atomic E-state index is -0.937. The topological polar surface area (TPSA) is 134 Å². The lowest BCUT2D eigenvalue weighted by Crippen LogP contribution is -2.20. The maximum atomic E-state index is 11.6. The number of carboxylic acids is 1. The van der Waals surface area contributed by atoms with Gasteiger partial charge in [-0.2, -0.15) is 0 Å². The zero-order valence-electron chi connectivity index (χ0n) is 24.0. The van der Waals surface area contributed by atoms with Gasteiger partial charge >= 0.3 is 17.6 Å². The molecule has 0 bridgehead atoms. The van der Waals surface area contributed by atoms with E-state index in [4.69, 9.17) is 19.3 Å². The Kier molecular flexibility index (Phi) is 12.8. The summed E-state index contributed by atoms with van der Waals surface area (Å²) in [7, 11) is 1.21. The van der Waals surface area contributed by atoms with E-state index in [0.29, 0.717) is 19.8 Å². The standard InChI is InChI=1S/C32H37NO9/c1-23(42-30-18-15-27(32(36)39-2)21-29(30)33(37)38)22-40-19-7-5-3-4-6-8-20-41-28-16-13-25(14-17-28)24-9-11-26(12-10-24)31(34)35/h9-18,21,23H,3-8,19-20,22H2,1-2H3,(H,34,35). The average Bonchev–Trinajstić information content (AvgIpc) is 2.99. The summed E-state index contributed by atoms with van der Waals surface area (Å²) in [5.74, 6) is -0.701. The zero-order valence-corrected chi connectivity index (χ0v) is 24.0. The molecule has 0 aliphatic rings. The number of unbranched alkanes of at least 4 members (excludes halogenated alkanes) is 5. The van der Waals surface area contributed by atoms with Crippen molar-refractivity contribution in [2.75, 3.05) is 26.9 Å². The number of hydrogen-bond acceptors (Lipinski definition) is 8. The molecule has 0 aliphatic heterocycles. The quantitative estimate of drug-likeness (QED) is 0.0735. The second-order valence-corrected chi connectivity index (χ2v) is 9.81. The Hall–Kier alpha value is -4.44. The van der Waals surface area contributed by atoms with E-state index >= 15 is 0 Å². The second kappa shape index (κ2) is 16.7. The van der Waals surface area contributed by atoms with E-state index in [1.54, 1.807) is 31.2 Å². The van der Waals surface area contributed by atoms with E-state index in [9.17, 15) is 19.7 Å². The Labute approximate surface area is 245 Å². The third-order valence-electron chi connectivity index (χ3n) is 6.53. The summed E-state index contributed by atoms with van der Waals surface area (Å²) in [6, 6.07) is 18.5. The number of esters is 1. The van der Waals surface area contributed by atoms with E-state index in [-0.39, 0.29) is 22.6 Å². The van der Waals surface area contributed by atoms with Gasteiger partial charge in [-0.3, -0.25) is 10.1 Å². The molecule has 3 aromatic carbocycles. The Morgan fingerprint density at radius 2 is 1.40 bits per heavy atom.